The zero-order valence-corrected chi connectivity index (χ0v) is 12.9. The van der Waals surface area contributed by atoms with Gasteiger partial charge < -0.3 is 14.8 Å². The van der Waals surface area contributed by atoms with Crippen LogP contribution in [-0.4, -0.2) is 30.7 Å². The van der Waals surface area contributed by atoms with Crippen molar-refractivity contribution in [3.63, 3.8) is 0 Å². The number of nitrogens with zero attached hydrogens (tertiary/aromatic N) is 2. The van der Waals surface area contributed by atoms with Crippen molar-refractivity contribution in [1.82, 2.24) is 9.97 Å². The van der Waals surface area contributed by atoms with Gasteiger partial charge in [0, 0.05) is 6.54 Å². The maximum atomic E-state index is 5.78. The molecular formula is C15H18ClN3O2. The lowest BCUT2D eigenvalue weighted by Crippen LogP contribution is -2.05. The minimum Gasteiger partial charge on any atom is -0.497 e. The fourth-order valence-electron chi connectivity index (χ4n) is 2.00. The molecule has 0 spiro atoms. The Bertz CT molecular complexity index is 593. The third-order valence-corrected chi connectivity index (χ3v) is 3.20. The van der Waals surface area contributed by atoms with Gasteiger partial charge in [0.05, 0.1) is 26.6 Å². The van der Waals surface area contributed by atoms with Gasteiger partial charge in [-0.25, -0.2) is 4.98 Å². The predicted molar refractivity (Wildman–Crippen MR) is 83.4 cm³/mol. The number of hydrogen-bond donors (Lipinski definition) is 1. The molecular weight excluding hydrogens is 290 g/mol. The zero-order chi connectivity index (χ0) is 15.1. The van der Waals surface area contributed by atoms with Crippen molar-refractivity contribution in [1.29, 1.82) is 0 Å². The van der Waals surface area contributed by atoms with Crippen LogP contribution in [0.1, 0.15) is 12.0 Å². The summed E-state index contributed by atoms with van der Waals surface area (Å²) >= 11 is 5.78. The number of benzene rings is 1. The predicted octanol–water partition coefficient (Wildman–Crippen LogP) is 3.19. The Morgan fingerprint density at radius 3 is 2.76 bits per heavy atom. The van der Waals surface area contributed by atoms with E-state index in [9.17, 15) is 0 Å². The van der Waals surface area contributed by atoms with Gasteiger partial charge >= 0.3 is 0 Å². The molecule has 1 N–H and O–H groups in total. The fraction of sp³-hybridized carbons (Fsp3) is 0.333. The van der Waals surface area contributed by atoms with E-state index in [-0.39, 0.29) is 0 Å². The van der Waals surface area contributed by atoms with Crippen LogP contribution >= 0.6 is 11.6 Å². The summed E-state index contributed by atoms with van der Waals surface area (Å²) in [5.74, 6) is 2.39. The molecule has 0 saturated heterocycles. The van der Waals surface area contributed by atoms with E-state index in [1.54, 1.807) is 20.4 Å². The van der Waals surface area contributed by atoms with Crippen LogP contribution in [0.5, 0.6) is 11.5 Å². The third kappa shape index (κ3) is 4.49. The van der Waals surface area contributed by atoms with Crippen LogP contribution in [0.15, 0.2) is 30.6 Å². The van der Waals surface area contributed by atoms with Gasteiger partial charge in [-0.05, 0) is 36.6 Å². The number of nitrogens with one attached hydrogen (secondary N) is 1. The molecule has 1 heterocycles. The van der Waals surface area contributed by atoms with Crippen molar-refractivity contribution in [2.75, 3.05) is 26.1 Å². The smallest absolute Gasteiger partial charge is 0.149 e. The number of ether oxygens (including phenoxy) is 2. The van der Waals surface area contributed by atoms with E-state index in [4.69, 9.17) is 21.1 Å². The van der Waals surface area contributed by atoms with E-state index in [2.05, 4.69) is 15.3 Å². The van der Waals surface area contributed by atoms with Crippen LogP contribution in [0, 0.1) is 0 Å². The molecule has 21 heavy (non-hydrogen) atoms. The Kier molecular flexibility index (Phi) is 5.63. The lowest BCUT2D eigenvalue weighted by Gasteiger charge is -2.11. The molecule has 0 aliphatic heterocycles. The number of anilines is 1. The molecule has 1 aromatic heterocycles. The Morgan fingerprint density at radius 2 is 2.05 bits per heavy atom. The second-order valence-corrected chi connectivity index (χ2v) is 4.82. The average molecular weight is 308 g/mol. The number of hydrogen-bond acceptors (Lipinski definition) is 5. The summed E-state index contributed by atoms with van der Waals surface area (Å²) in [7, 11) is 3.33. The molecule has 0 amide bonds. The highest BCUT2D eigenvalue weighted by Crippen LogP contribution is 2.25. The summed E-state index contributed by atoms with van der Waals surface area (Å²) in [6.07, 6.45) is 4.96. The maximum Gasteiger partial charge on any atom is 0.149 e. The number of aryl methyl sites for hydroxylation is 1. The Balaban J connectivity index is 1.88. The largest absolute Gasteiger partial charge is 0.497 e. The van der Waals surface area contributed by atoms with E-state index in [0.29, 0.717) is 11.0 Å². The Hall–Kier alpha value is -2.01. The van der Waals surface area contributed by atoms with E-state index in [1.807, 2.05) is 18.2 Å². The van der Waals surface area contributed by atoms with E-state index >= 15 is 0 Å². The summed E-state index contributed by atoms with van der Waals surface area (Å²) in [5, 5.41) is 3.58. The fourth-order valence-corrected chi connectivity index (χ4v) is 2.15. The second kappa shape index (κ2) is 7.69. The summed E-state index contributed by atoms with van der Waals surface area (Å²) in [6, 6.07) is 5.81. The first-order chi connectivity index (χ1) is 10.2. The van der Waals surface area contributed by atoms with Crippen molar-refractivity contribution in [3.8, 4) is 11.5 Å². The second-order valence-electron chi connectivity index (χ2n) is 4.44. The number of halogens is 1. The highest BCUT2D eigenvalue weighted by Gasteiger charge is 2.05. The van der Waals surface area contributed by atoms with E-state index in [0.717, 1.165) is 36.4 Å². The topological polar surface area (TPSA) is 56.3 Å². The molecule has 0 radical (unpaired) electrons. The minimum atomic E-state index is 0.384. The van der Waals surface area contributed by atoms with Crippen LogP contribution in [0.2, 0.25) is 5.15 Å². The van der Waals surface area contributed by atoms with Crippen molar-refractivity contribution < 1.29 is 9.47 Å². The first-order valence-corrected chi connectivity index (χ1v) is 7.03. The van der Waals surface area contributed by atoms with Gasteiger partial charge in [0.25, 0.3) is 0 Å². The summed E-state index contributed by atoms with van der Waals surface area (Å²) < 4.78 is 10.6. The van der Waals surface area contributed by atoms with Crippen LogP contribution in [0.25, 0.3) is 0 Å². The zero-order valence-electron chi connectivity index (χ0n) is 12.1. The highest BCUT2D eigenvalue weighted by molar-refractivity contribution is 6.29. The van der Waals surface area contributed by atoms with Gasteiger partial charge in [0.2, 0.25) is 0 Å². The van der Waals surface area contributed by atoms with Crippen LogP contribution in [-0.2, 0) is 6.42 Å². The van der Waals surface area contributed by atoms with E-state index < -0.39 is 0 Å². The summed E-state index contributed by atoms with van der Waals surface area (Å²) in [4.78, 5) is 8.10. The molecule has 1 aromatic carbocycles. The molecule has 0 fully saturated rings. The average Bonchev–Trinajstić information content (AvgIpc) is 2.51. The van der Waals surface area contributed by atoms with E-state index in [1.165, 1.54) is 6.20 Å². The van der Waals surface area contributed by atoms with Gasteiger partial charge in [-0.15, -0.1) is 0 Å². The first-order valence-electron chi connectivity index (χ1n) is 6.65. The molecule has 6 heteroatoms. The summed E-state index contributed by atoms with van der Waals surface area (Å²) in [5.41, 5.74) is 1.12. The molecule has 2 rings (SSSR count). The molecule has 0 aliphatic rings. The monoisotopic (exact) mass is 307 g/mol. The van der Waals surface area contributed by atoms with Crippen LogP contribution in [0.3, 0.4) is 0 Å². The molecule has 5 nitrogen and oxygen atoms in total. The van der Waals surface area contributed by atoms with Gasteiger partial charge in [-0.1, -0.05) is 11.6 Å². The first kappa shape index (κ1) is 15.4. The highest BCUT2D eigenvalue weighted by atomic mass is 35.5. The number of rotatable bonds is 7. The summed E-state index contributed by atoms with van der Waals surface area (Å²) in [6.45, 7) is 0.773. The lowest BCUT2D eigenvalue weighted by atomic mass is 10.1. The molecule has 0 saturated carbocycles. The third-order valence-electron chi connectivity index (χ3n) is 3.02. The number of aromatic nitrogens is 2. The Labute approximate surface area is 129 Å². The number of methoxy groups -OCH3 is 2. The van der Waals surface area contributed by atoms with Gasteiger partial charge in [0.15, 0.2) is 0 Å². The molecule has 2 aromatic rings. The van der Waals surface area contributed by atoms with Crippen molar-refractivity contribution in [2.45, 2.75) is 12.8 Å². The van der Waals surface area contributed by atoms with Crippen molar-refractivity contribution in [2.24, 2.45) is 0 Å². The minimum absolute atomic E-state index is 0.384. The SMILES string of the molecule is COc1ccc(OC)c(CCCNc2cncc(Cl)n2)c1. The standard InChI is InChI=1S/C15H18ClN3O2/c1-20-12-5-6-13(21-2)11(8-12)4-3-7-18-15-10-17-9-14(16)19-15/h5-6,8-10H,3-4,7H2,1-2H3,(H,18,19). The lowest BCUT2D eigenvalue weighted by molar-refractivity contribution is 0.398. The van der Waals surface area contributed by atoms with Crippen molar-refractivity contribution >= 4 is 17.4 Å². The quantitative estimate of drug-likeness (QED) is 0.796. The molecule has 0 aliphatic carbocycles. The molecule has 0 bridgehead atoms. The molecule has 0 atom stereocenters. The van der Waals surface area contributed by atoms with Crippen LogP contribution < -0.4 is 14.8 Å². The normalized spacial score (nSPS) is 10.2. The van der Waals surface area contributed by atoms with Gasteiger partial charge in [-0.3, -0.25) is 4.98 Å². The Morgan fingerprint density at radius 1 is 1.19 bits per heavy atom. The molecule has 0 unspecified atom stereocenters. The van der Waals surface area contributed by atoms with Gasteiger partial charge in [0.1, 0.15) is 22.5 Å². The van der Waals surface area contributed by atoms with Crippen LogP contribution in [0.4, 0.5) is 5.82 Å². The molecule has 112 valence electrons. The maximum absolute atomic E-state index is 5.78. The van der Waals surface area contributed by atoms with Crippen molar-refractivity contribution in [3.05, 3.63) is 41.3 Å². The van der Waals surface area contributed by atoms with Gasteiger partial charge in [-0.2, -0.15) is 0 Å².